The van der Waals surface area contributed by atoms with Gasteiger partial charge < -0.3 is 0 Å². The van der Waals surface area contributed by atoms with E-state index in [1.165, 1.54) is 34.2 Å². The largest absolute Gasteiger partial charge is 0.253 e. The number of fused-ring (bicyclic) bond motifs is 2. The van der Waals surface area contributed by atoms with Crippen LogP contribution in [0, 0.1) is 0 Å². The van der Waals surface area contributed by atoms with Gasteiger partial charge in [0, 0.05) is 16.1 Å². The Hall–Kier alpha value is -1.86. The molecule has 3 aromatic rings. The van der Waals surface area contributed by atoms with Crippen LogP contribution in [-0.4, -0.2) is 4.98 Å². The van der Waals surface area contributed by atoms with Crippen molar-refractivity contribution in [2.75, 3.05) is 0 Å². The molecule has 0 fully saturated rings. The van der Waals surface area contributed by atoms with E-state index >= 15 is 0 Å². The van der Waals surface area contributed by atoms with Crippen molar-refractivity contribution in [2.24, 2.45) is 0 Å². The SMILES string of the molecule is Clc1ccc(-c2c3c(nc4ccccc24)CCC3)cc1. The van der Waals surface area contributed by atoms with Gasteiger partial charge >= 0.3 is 0 Å². The van der Waals surface area contributed by atoms with Crippen molar-refractivity contribution in [3.8, 4) is 11.1 Å². The highest BCUT2D eigenvalue weighted by molar-refractivity contribution is 6.30. The molecular formula is C18H14ClN. The first kappa shape index (κ1) is 11.9. The zero-order valence-electron chi connectivity index (χ0n) is 11.1. The molecule has 0 N–H and O–H groups in total. The molecule has 2 aromatic carbocycles. The Bertz CT molecular complexity index is 790. The lowest BCUT2D eigenvalue weighted by molar-refractivity contribution is 0.901. The number of para-hydroxylation sites is 1. The molecule has 20 heavy (non-hydrogen) atoms. The molecule has 1 heterocycles. The summed E-state index contributed by atoms with van der Waals surface area (Å²) in [5.41, 5.74) is 6.38. The minimum absolute atomic E-state index is 0.781. The second-order valence-corrected chi connectivity index (χ2v) is 5.73. The molecule has 0 radical (unpaired) electrons. The molecule has 0 bridgehead atoms. The van der Waals surface area contributed by atoms with Crippen LogP contribution in [-0.2, 0) is 12.8 Å². The molecule has 98 valence electrons. The van der Waals surface area contributed by atoms with Gasteiger partial charge in [0.05, 0.1) is 5.52 Å². The first-order valence-corrected chi connectivity index (χ1v) is 7.37. The van der Waals surface area contributed by atoms with Crippen molar-refractivity contribution in [2.45, 2.75) is 19.3 Å². The Labute approximate surface area is 123 Å². The Morgan fingerprint density at radius 3 is 2.55 bits per heavy atom. The monoisotopic (exact) mass is 279 g/mol. The summed E-state index contributed by atoms with van der Waals surface area (Å²) in [5, 5.41) is 2.03. The van der Waals surface area contributed by atoms with Crippen molar-refractivity contribution in [1.82, 2.24) is 4.98 Å². The van der Waals surface area contributed by atoms with Crippen molar-refractivity contribution >= 4 is 22.5 Å². The van der Waals surface area contributed by atoms with Crippen LogP contribution in [0.25, 0.3) is 22.0 Å². The summed E-state index contributed by atoms with van der Waals surface area (Å²) in [5.74, 6) is 0. The maximum atomic E-state index is 6.02. The van der Waals surface area contributed by atoms with E-state index < -0.39 is 0 Å². The van der Waals surface area contributed by atoms with Crippen molar-refractivity contribution in [1.29, 1.82) is 0 Å². The fourth-order valence-corrected chi connectivity index (χ4v) is 3.28. The highest BCUT2D eigenvalue weighted by Gasteiger charge is 2.20. The van der Waals surface area contributed by atoms with Gasteiger partial charge in [-0.15, -0.1) is 0 Å². The van der Waals surface area contributed by atoms with Gasteiger partial charge in [0.25, 0.3) is 0 Å². The van der Waals surface area contributed by atoms with E-state index in [2.05, 4.69) is 36.4 Å². The Morgan fingerprint density at radius 1 is 0.900 bits per heavy atom. The Balaban J connectivity index is 2.08. The molecule has 2 heteroatoms. The minimum atomic E-state index is 0.781. The maximum Gasteiger partial charge on any atom is 0.0711 e. The van der Waals surface area contributed by atoms with E-state index in [-0.39, 0.29) is 0 Å². The van der Waals surface area contributed by atoms with E-state index in [9.17, 15) is 0 Å². The van der Waals surface area contributed by atoms with Gasteiger partial charge in [-0.2, -0.15) is 0 Å². The standard InChI is InChI=1S/C18H14ClN/c19-13-10-8-12(9-11-13)18-14-4-1-2-6-16(14)20-17-7-3-5-15(17)18/h1-2,4,6,8-11H,3,5,7H2. The number of nitrogens with zero attached hydrogens (tertiary/aromatic N) is 1. The number of aryl methyl sites for hydroxylation is 1. The second-order valence-electron chi connectivity index (χ2n) is 5.29. The van der Waals surface area contributed by atoms with Crippen LogP contribution in [0.15, 0.2) is 48.5 Å². The number of benzene rings is 2. The second kappa shape index (κ2) is 4.60. The van der Waals surface area contributed by atoms with E-state index in [0.717, 1.165) is 23.4 Å². The molecule has 0 saturated carbocycles. The summed E-state index contributed by atoms with van der Waals surface area (Å²) in [6.07, 6.45) is 3.44. The summed E-state index contributed by atoms with van der Waals surface area (Å²) >= 11 is 6.02. The van der Waals surface area contributed by atoms with E-state index in [4.69, 9.17) is 16.6 Å². The third-order valence-corrected chi connectivity index (χ3v) is 4.30. The van der Waals surface area contributed by atoms with Gasteiger partial charge in [0.15, 0.2) is 0 Å². The average Bonchev–Trinajstić information content (AvgIpc) is 2.93. The summed E-state index contributed by atoms with van der Waals surface area (Å²) in [7, 11) is 0. The normalized spacial score (nSPS) is 13.7. The smallest absolute Gasteiger partial charge is 0.0711 e. The molecule has 1 aliphatic carbocycles. The van der Waals surface area contributed by atoms with Crippen molar-refractivity contribution < 1.29 is 0 Å². The number of halogens is 1. The van der Waals surface area contributed by atoms with Crippen LogP contribution in [0.4, 0.5) is 0 Å². The molecule has 0 atom stereocenters. The lowest BCUT2D eigenvalue weighted by Crippen LogP contribution is -1.95. The summed E-state index contributed by atoms with van der Waals surface area (Å²) < 4.78 is 0. The van der Waals surface area contributed by atoms with E-state index in [1.54, 1.807) is 0 Å². The molecule has 1 aliphatic rings. The molecule has 1 nitrogen and oxygen atoms in total. The highest BCUT2D eigenvalue weighted by Crippen LogP contribution is 2.37. The van der Waals surface area contributed by atoms with Crippen LogP contribution >= 0.6 is 11.6 Å². The lowest BCUT2D eigenvalue weighted by Gasteiger charge is -2.12. The average molecular weight is 280 g/mol. The first-order valence-electron chi connectivity index (χ1n) is 6.99. The van der Waals surface area contributed by atoms with Gasteiger partial charge in [0.2, 0.25) is 0 Å². The number of pyridine rings is 1. The molecule has 0 spiro atoms. The van der Waals surface area contributed by atoms with Crippen molar-refractivity contribution in [3.63, 3.8) is 0 Å². The van der Waals surface area contributed by atoms with Gasteiger partial charge in [-0.25, -0.2) is 0 Å². The number of hydrogen-bond acceptors (Lipinski definition) is 1. The zero-order valence-corrected chi connectivity index (χ0v) is 11.8. The van der Waals surface area contributed by atoms with Crippen LogP contribution in [0.2, 0.25) is 5.02 Å². The van der Waals surface area contributed by atoms with Crippen LogP contribution in [0.5, 0.6) is 0 Å². The molecule has 0 amide bonds. The third kappa shape index (κ3) is 1.82. The van der Waals surface area contributed by atoms with E-state index in [1.807, 2.05) is 12.1 Å². The van der Waals surface area contributed by atoms with Crippen LogP contribution in [0.1, 0.15) is 17.7 Å². The molecular weight excluding hydrogens is 266 g/mol. The molecule has 4 rings (SSSR count). The predicted octanol–water partition coefficient (Wildman–Crippen LogP) is 5.04. The number of hydrogen-bond donors (Lipinski definition) is 0. The van der Waals surface area contributed by atoms with Gasteiger partial charge in [-0.05, 0) is 54.2 Å². The Kier molecular flexibility index (Phi) is 2.75. The Morgan fingerprint density at radius 2 is 1.70 bits per heavy atom. The fraction of sp³-hybridized carbons (Fsp3) is 0.167. The maximum absolute atomic E-state index is 6.02. The summed E-state index contributed by atoms with van der Waals surface area (Å²) in [6, 6.07) is 16.6. The summed E-state index contributed by atoms with van der Waals surface area (Å²) in [6.45, 7) is 0. The molecule has 0 aliphatic heterocycles. The molecule has 0 unspecified atom stereocenters. The molecule has 1 aromatic heterocycles. The van der Waals surface area contributed by atoms with Crippen molar-refractivity contribution in [3.05, 3.63) is 64.8 Å². The van der Waals surface area contributed by atoms with Crippen LogP contribution < -0.4 is 0 Å². The predicted molar refractivity (Wildman–Crippen MR) is 84.2 cm³/mol. The highest BCUT2D eigenvalue weighted by atomic mass is 35.5. The molecule has 0 saturated heterocycles. The third-order valence-electron chi connectivity index (χ3n) is 4.05. The summed E-state index contributed by atoms with van der Waals surface area (Å²) in [4.78, 5) is 4.83. The quantitative estimate of drug-likeness (QED) is 0.608. The lowest BCUT2D eigenvalue weighted by atomic mass is 9.95. The van der Waals surface area contributed by atoms with Gasteiger partial charge in [-0.3, -0.25) is 4.98 Å². The van der Waals surface area contributed by atoms with E-state index in [0.29, 0.717) is 0 Å². The van der Waals surface area contributed by atoms with Gasteiger partial charge in [0.1, 0.15) is 0 Å². The topological polar surface area (TPSA) is 12.9 Å². The number of aromatic nitrogens is 1. The minimum Gasteiger partial charge on any atom is -0.253 e. The first-order chi connectivity index (χ1) is 9.83. The number of rotatable bonds is 1. The zero-order chi connectivity index (χ0) is 13.5. The fourth-order valence-electron chi connectivity index (χ4n) is 3.16. The van der Waals surface area contributed by atoms with Crippen LogP contribution in [0.3, 0.4) is 0 Å². The van der Waals surface area contributed by atoms with Gasteiger partial charge in [-0.1, -0.05) is 41.9 Å².